The largest absolute Gasteiger partial charge is 0.479 e. The standard InChI is InChI=1S/C14H17N3O4/c1-8-13(19)17-11-4-3-10(7-12(11)21-8)14(20)16-6-5-15-9(2)18/h3-4,7-8H,5-6H2,1-2H3,(H,15,18)(H,16,20)(H,17,19). The molecule has 112 valence electrons. The quantitative estimate of drug-likeness (QED) is 0.694. The average Bonchev–Trinajstić information content (AvgIpc) is 2.44. The number of carbonyl (C=O) groups is 3. The third-order valence-corrected chi connectivity index (χ3v) is 2.96. The maximum Gasteiger partial charge on any atom is 0.265 e. The Bertz CT molecular complexity index is 586. The third kappa shape index (κ3) is 3.71. The Hall–Kier alpha value is -2.57. The van der Waals surface area contributed by atoms with Crippen molar-refractivity contribution in [3.8, 4) is 5.75 Å². The van der Waals surface area contributed by atoms with Crippen molar-refractivity contribution in [2.75, 3.05) is 18.4 Å². The van der Waals surface area contributed by atoms with Gasteiger partial charge in [0.1, 0.15) is 5.75 Å². The molecule has 0 fully saturated rings. The van der Waals surface area contributed by atoms with E-state index in [1.807, 2.05) is 0 Å². The highest BCUT2D eigenvalue weighted by Gasteiger charge is 2.24. The zero-order valence-electron chi connectivity index (χ0n) is 11.9. The van der Waals surface area contributed by atoms with E-state index in [1.165, 1.54) is 6.92 Å². The van der Waals surface area contributed by atoms with Crippen molar-refractivity contribution in [2.45, 2.75) is 20.0 Å². The molecule has 0 aliphatic carbocycles. The smallest absolute Gasteiger partial charge is 0.265 e. The van der Waals surface area contributed by atoms with Crippen molar-refractivity contribution < 1.29 is 19.1 Å². The van der Waals surface area contributed by atoms with E-state index in [9.17, 15) is 14.4 Å². The lowest BCUT2D eigenvalue weighted by atomic mass is 10.1. The Kier molecular flexibility index (Phi) is 4.42. The van der Waals surface area contributed by atoms with Crippen LogP contribution in [0.3, 0.4) is 0 Å². The molecule has 1 unspecified atom stereocenters. The van der Waals surface area contributed by atoms with E-state index in [0.717, 1.165) is 0 Å². The molecule has 1 atom stereocenters. The molecule has 3 amide bonds. The molecule has 21 heavy (non-hydrogen) atoms. The Morgan fingerprint density at radius 1 is 1.29 bits per heavy atom. The number of hydrogen-bond acceptors (Lipinski definition) is 4. The summed E-state index contributed by atoms with van der Waals surface area (Å²) in [5.41, 5.74) is 0.979. The van der Waals surface area contributed by atoms with Crippen LogP contribution in [0.5, 0.6) is 5.75 Å². The van der Waals surface area contributed by atoms with Crippen LogP contribution in [0.25, 0.3) is 0 Å². The second-order valence-corrected chi connectivity index (χ2v) is 4.70. The molecule has 1 aliphatic rings. The Morgan fingerprint density at radius 2 is 2.00 bits per heavy atom. The molecule has 7 heteroatoms. The number of anilines is 1. The molecule has 7 nitrogen and oxygen atoms in total. The van der Waals surface area contributed by atoms with E-state index in [0.29, 0.717) is 30.1 Å². The molecule has 1 aromatic rings. The van der Waals surface area contributed by atoms with E-state index >= 15 is 0 Å². The van der Waals surface area contributed by atoms with Gasteiger partial charge >= 0.3 is 0 Å². The minimum atomic E-state index is -0.587. The van der Waals surface area contributed by atoms with Gasteiger partial charge in [0.25, 0.3) is 11.8 Å². The van der Waals surface area contributed by atoms with Crippen LogP contribution in [0.4, 0.5) is 5.69 Å². The first-order valence-electron chi connectivity index (χ1n) is 6.61. The van der Waals surface area contributed by atoms with Gasteiger partial charge in [-0.15, -0.1) is 0 Å². The average molecular weight is 291 g/mol. The van der Waals surface area contributed by atoms with Crippen LogP contribution in [0, 0.1) is 0 Å². The maximum atomic E-state index is 12.0. The van der Waals surface area contributed by atoms with Crippen molar-refractivity contribution in [3.63, 3.8) is 0 Å². The minimum absolute atomic E-state index is 0.142. The second-order valence-electron chi connectivity index (χ2n) is 4.70. The number of ether oxygens (including phenoxy) is 1. The molecule has 1 heterocycles. The Balaban J connectivity index is 1.98. The van der Waals surface area contributed by atoms with Gasteiger partial charge in [-0.3, -0.25) is 14.4 Å². The van der Waals surface area contributed by atoms with E-state index < -0.39 is 6.10 Å². The van der Waals surface area contributed by atoms with Gasteiger partial charge in [0.05, 0.1) is 5.69 Å². The molecule has 0 spiro atoms. The summed E-state index contributed by atoms with van der Waals surface area (Å²) in [5.74, 6) is -0.154. The Labute approximate surface area is 122 Å². The van der Waals surface area contributed by atoms with Gasteiger partial charge in [-0.25, -0.2) is 0 Å². The molecular formula is C14H17N3O4. The summed E-state index contributed by atoms with van der Waals surface area (Å²) in [7, 11) is 0. The van der Waals surface area contributed by atoms with Gasteiger partial charge in [-0.05, 0) is 25.1 Å². The molecule has 0 radical (unpaired) electrons. The van der Waals surface area contributed by atoms with Crippen molar-refractivity contribution >= 4 is 23.4 Å². The molecule has 0 saturated heterocycles. The number of amides is 3. The molecule has 0 aromatic heterocycles. The van der Waals surface area contributed by atoms with Crippen LogP contribution >= 0.6 is 0 Å². The summed E-state index contributed by atoms with van der Waals surface area (Å²) in [6.07, 6.45) is -0.587. The topological polar surface area (TPSA) is 96.5 Å². The summed E-state index contributed by atoms with van der Waals surface area (Å²) in [6.45, 7) is 3.76. The summed E-state index contributed by atoms with van der Waals surface area (Å²) in [6, 6.07) is 4.81. The highest BCUT2D eigenvalue weighted by molar-refractivity contribution is 6.00. The van der Waals surface area contributed by atoms with Gasteiger partial charge < -0.3 is 20.7 Å². The highest BCUT2D eigenvalue weighted by atomic mass is 16.5. The lowest BCUT2D eigenvalue weighted by Crippen LogP contribution is -2.35. The van der Waals surface area contributed by atoms with Crippen LogP contribution < -0.4 is 20.7 Å². The first kappa shape index (κ1) is 14.8. The molecule has 2 rings (SSSR count). The number of rotatable bonds is 4. The van der Waals surface area contributed by atoms with Crippen LogP contribution in [-0.4, -0.2) is 36.9 Å². The maximum absolute atomic E-state index is 12.0. The molecular weight excluding hydrogens is 274 g/mol. The number of fused-ring (bicyclic) bond motifs is 1. The highest BCUT2D eigenvalue weighted by Crippen LogP contribution is 2.30. The fourth-order valence-corrected chi connectivity index (χ4v) is 1.86. The molecule has 3 N–H and O–H groups in total. The van der Waals surface area contributed by atoms with Crippen LogP contribution in [0.15, 0.2) is 18.2 Å². The fraction of sp³-hybridized carbons (Fsp3) is 0.357. The number of nitrogens with one attached hydrogen (secondary N) is 3. The Morgan fingerprint density at radius 3 is 2.71 bits per heavy atom. The molecule has 1 aliphatic heterocycles. The van der Waals surface area contributed by atoms with Crippen molar-refractivity contribution in [2.24, 2.45) is 0 Å². The summed E-state index contributed by atoms with van der Waals surface area (Å²) in [5, 5.41) is 7.97. The summed E-state index contributed by atoms with van der Waals surface area (Å²) >= 11 is 0. The first-order valence-corrected chi connectivity index (χ1v) is 6.61. The van der Waals surface area contributed by atoms with Crippen LogP contribution in [0.1, 0.15) is 24.2 Å². The number of carbonyl (C=O) groups excluding carboxylic acids is 3. The SMILES string of the molecule is CC(=O)NCCNC(=O)c1ccc2c(c1)OC(C)C(=O)N2. The first-order chi connectivity index (χ1) is 9.97. The van der Waals surface area contributed by atoms with Gasteiger partial charge in [0, 0.05) is 25.6 Å². The summed E-state index contributed by atoms with van der Waals surface area (Å²) < 4.78 is 5.44. The minimum Gasteiger partial charge on any atom is -0.479 e. The van der Waals surface area contributed by atoms with Crippen molar-refractivity contribution in [3.05, 3.63) is 23.8 Å². The second kappa shape index (κ2) is 6.25. The van der Waals surface area contributed by atoms with E-state index in [2.05, 4.69) is 16.0 Å². The zero-order valence-corrected chi connectivity index (χ0v) is 11.9. The van der Waals surface area contributed by atoms with E-state index in [1.54, 1.807) is 25.1 Å². The zero-order chi connectivity index (χ0) is 15.4. The van der Waals surface area contributed by atoms with Crippen LogP contribution in [0.2, 0.25) is 0 Å². The number of benzene rings is 1. The van der Waals surface area contributed by atoms with Crippen molar-refractivity contribution in [1.82, 2.24) is 10.6 Å². The normalized spacial score (nSPS) is 16.3. The van der Waals surface area contributed by atoms with Gasteiger partial charge in [-0.1, -0.05) is 0 Å². The lowest BCUT2D eigenvalue weighted by Gasteiger charge is -2.23. The molecule has 0 bridgehead atoms. The molecule has 0 saturated carbocycles. The lowest BCUT2D eigenvalue weighted by molar-refractivity contribution is -0.122. The summed E-state index contributed by atoms with van der Waals surface area (Å²) in [4.78, 5) is 34.1. The monoisotopic (exact) mass is 291 g/mol. The predicted octanol–water partition coefficient (Wildman–Crippen LogP) is 0.272. The van der Waals surface area contributed by atoms with Crippen molar-refractivity contribution in [1.29, 1.82) is 0 Å². The fourth-order valence-electron chi connectivity index (χ4n) is 1.86. The number of hydrogen-bond donors (Lipinski definition) is 3. The van der Waals surface area contributed by atoms with Gasteiger partial charge in [0.2, 0.25) is 5.91 Å². The van der Waals surface area contributed by atoms with Gasteiger partial charge in [0.15, 0.2) is 6.10 Å². The van der Waals surface area contributed by atoms with Crippen LogP contribution in [-0.2, 0) is 9.59 Å². The van der Waals surface area contributed by atoms with E-state index in [-0.39, 0.29) is 17.7 Å². The molecule has 1 aromatic carbocycles. The van der Waals surface area contributed by atoms with E-state index in [4.69, 9.17) is 4.74 Å². The predicted molar refractivity (Wildman–Crippen MR) is 76.2 cm³/mol. The van der Waals surface area contributed by atoms with Gasteiger partial charge in [-0.2, -0.15) is 0 Å². The third-order valence-electron chi connectivity index (χ3n) is 2.96.